The van der Waals surface area contributed by atoms with Gasteiger partial charge in [0.15, 0.2) is 5.76 Å². The Morgan fingerprint density at radius 2 is 2.45 bits per heavy atom. The molecule has 3 heterocycles. The largest absolute Gasteiger partial charge is 0.380 e. The van der Waals surface area contributed by atoms with Crippen LogP contribution in [-0.2, 0) is 9.53 Å². The minimum atomic E-state index is -0.135. The van der Waals surface area contributed by atoms with Crippen LogP contribution in [-0.4, -0.2) is 48.3 Å². The summed E-state index contributed by atoms with van der Waals surface area (Å²) in [6.45, 7) is 3.43. The zero-order valence-corrected chi connectivity index (χ0v) is 12.0. The number of likely N-dealkylation sites (tertiary alicyclic amines) is 1. The van der Waals surface area contributed by atoms with Crippen molar-refractivity contribution in [2.45, 2.75) is 44.4 Å². The van der Waals surface area contributed by atoms with Gasteiger partial charge in [-0.3, -0.25) is 4.79 Å². The molecule has 2 fully saturated rings. The molecule has 1 aromatic rings. The number of methoxy groups -OCH3 is 1. The third kappa shape index (κ3) is 2.45. The van der Waals surface area contributed by atoms with Crippen LogP contribution in [0.5, 0.6) is 0 Å². The number of aryl methyl sites for hydroxylation is 1. The first-order valence-corrected chi connectivity index (χ1v) is 7.19. The van der Waals surface area contributed by atoms with Gasteiger partial charge in [0.1, 0.15) is 0 Å². The second kappa shape index (κ2) is 5.54. The standard InChI is InChI=1S/C14H21N3O3/c1-9-6-13(20-16-9)12-4-3-5-17(12)14(18)11-7-10(19-2)8-15-11/h6,10-12,15H,3-5,7-8H2,1-2H3. The maximum Gasteiger partial charge on any atom is 0.240 e. The van der Waals surface area contributed by atoms with E-state index in [0.717, 1.165) is 43.8 Å². The van der Waals surface area contributed by atoms with Crippen molar-refractivity contribution >= 4 is 5.91 Å². The van der Waals surface area contributed by atoms with Crippen LogP contribution in [0.4, 0.5) is 0 Å². The van der Waals surface area contributed by atoms with Gasteiger partial charge in [-0.1, -0.05) is 5.16 Å². The van der Waals surface area contributed by atoms with E-state index in [2.05, 4.69) is 10.5 Å². The maximum absolute atomic E-state index is 12.6. The fourth-order valence-electron chi connectivity index (χ4n) is 3.14. The van der Waals surface area contributed by atoms with Crippen LogP contribution >= 0.6 is 0 Å². The van der Waals surface area contributed by atoms with Gasteiger partial charge in [0, 0.05) is 26.3 Å². The molecule has 0 saturated carbocycles. The highest BCUT2D eigenvalue weighted by Gasteiger charge is 2.38. The number of nitrogens with zero attached hydrogens (tertiary/aromatic N) is 2. The number of carbonyl (C=O) groups is 1. The molecule has 0 spiro atoms. The molecule has 1 N–H and O–H groups in total. The Hall–Kier alpha value is -1.40. The van der Waals surface area contributed by atoms with Crippen molar-refractivity contribution in [3.8, 4) is 0 Å². The van der Waals surface area contributed by atoms with Crippen molar-refractivity contribution in [1.82, 2.24) is 15.4 Å². The Morgan fingerprint density at radius 3 is 3.10 bits per heavy atom. The third-order valence-corrected chi connectivity index (χ3v) is 4.23. The Kier molecular flexibility index (Phi) is 3.76. The van der Waals surface area contributed by atoms with E-state index in [4.69, 9.17) is 9.26 Å². The summed E-state index contributed by atoms with van der Waals surface area (Å²) in [4.78, 5) is 14.6. The summed E-state index contributed by atoms with van der Waals surface area (Å²) in [5, 5.41) is 7.18. The molecule has 0 aromatic carbocycles. The molecule has 3 rings (SSSR count). The topological polar surface area (TPSA) is 67.6 Å². The number of aromatic nitrogens is 1. The summed E-state index contributed by atoms with van der Waals surface area (Å²) in [6, 6.07) is 1.83. The highest BCUT2D eigenvalue weighted by molar-refractivity contribution is 5.83. The SMILES string of the molecule is COC1CNC(C(=O)N2CCCC2c2cc(C)no2)C1. The normalized spacial score (nSPS) is 30.1. The smallest absolute Gasteiger partial charge is 0.240 e. The zero-order valence-electron chi connectivity index (χ0n) is 12.0. The molecule has 6 heteroatoms. The van der Waals surface area contributed by atoms with Gasteiger partial charge in [-0.15, -0.1) is 0 Å². The zero-order chi connectivity index (χ0) is 14.1. The second-order valence-electron chi connectivity index (χ2n) is 5.61. The van der Waals surface area contributed by atoms with Gasteiger partial charge in [-0.2, -0.15) is 0 Å². The molecule has 6 nitrogen and oxygen atoms in total. The minimum Gasteiger partial charge on any atom is -0.380 e. The minimum absolute atomic E-state index is 0.0343. The molecule has 20 heavy (non-hydrogen) atoms. The predicted octanol–water partition coefficient (Wildman–Crippen LogP) is 1.02. The molecule has 2 aliphatic heterocycles. The number of hydrogen-bond donors (Lipinski definition) is 1. The van der Waals surface area contributed by atoms with E-state index < -0.39 is 0 Å². The van der Waals surface area contributed by atoms with Gasteiger partial charge >= 0.3 is 0 Å². The number of nitrogens with one attached hydrogen (secondary N) is 1. The molecule has 0 radical (unpaired) electrons. The second-order valence-corrected chi connectivity index (χ2v) is 5.61. The molecular weight excluding hydrogens is 258 g/mol. The maximum atomic E-state index is 12.6. The van der Waals surface area contributed by atoms with Crippen molar-refractivity contribution in [2.24, 2.45) is 0 Å². The molecule has 110 valence electrons. The number of carbonyl (C=O) groups excluding carboxylic acids is 1. The molecule has 3 unspecified atom stereocenters. The Labute approximate surface area is 118 Å². The quantitative estimate of drug-likeness (QED) is 0.895. The van der Waals surface area contributed by atoms with Crippen LogP contribution in [0.2, 0.25) is 0 Å². The summed E-state index contributed by atoms with van der Waals surface area (Å²) in [6.07, 6.45) is 2.84. The number of rotatable bonds is 3. The van der Waals surface area contributed by atoms with E-state index in [0.29, 0.717) is 0 Å². The van der Waals surface area contributed by atoms with E-state index in [1.165, 1.54) is 0 Å². The van der Waals surface area contributed by atoms with E-state index >= 15 is 0 Å². The van der Waals surface area contributed by atoms with Gasteiger partial charge < -0.3 is 19.5 Å². The summed E-state index contributed by atoms with van der Waals surface area (Å²) in [7, 11) is 1.69. The average molecular weight is 279 g/mol. The monoisotopic (exact) mass is 279 g/mol. The van der Waals surface area contributed by atoms with Gasteiger partial charge in [0.05, 0.1) is 23.9 Å². The first kappa shape index (κ1) is 13.6. The molecule has 3 atom stereocenters. The van der Waals surface area contributed by atoms with E-state index in [1.807, 2.05) is 17.9 Å². The molecular formula is C14H21N3O3. The van der Waals surface area contributed by atoms with Gasteiger partial charge in [-0.25, -0.2) is 0 Å². The third-order valence-electron chi connectivity index (χ3n) is 4.23. The average Bonchev–Trinajstić information content (AvgIpc) is 3.17. The van der Waals surface area contributed by atoms with Crippen LogP contribution in [0, 0.1) is 6.92 Å². The Balaban J connectivity index is 1.71. The number of amides is 1. The fourth-order valence-corrected chi connectivity index (χ4v) is 3.14. The Bertz CT molecular complexity index is 488. The number of ether oxygens (including phenoxy) is 1. The van der Waals surface area contributed by atoms with Crippen LogP contribution in [0.3, 0.4) is 0 Å². The van der Waals surface area contributed by atoms with Crippen LogP contribution in [0.25, 0.3) is 0 Å². The van der Waals surface area contributed by atoms with Crippen molar-refractivity contribution < 1.29 is 14.1 Å². The summed E-state index contributed by atoms with van der Waals surface area (Å²) in [5.74, 6) is 0.954. The molecule has 0 aliphatic carbocycles. The van der Waals surface area contributed by atoms with Gasteiger partial charge in [0.25, 0.3) is 0 Å². The summed E-state index contributed by atoms with van der Waals surface area (Å²) < 4.78 is 10.7. The predicted molar refractivity (Wildman–Crippen MR) is 72.1 cm³/mol. The lowest BCUT2D eigenvalue weighted by atomic mass is 10.1. The van der Waals surface area contributed by atoms with E-state index in [9.17, 15) is 4.79 Å². The van der Waals surface area contributed by atoms with Crippen LogP contribution in [0.15, 0.2) is 10.6 Å². The van der Waals surface area contributed by atoms with E-state index in [1.54, 1.807) is 7.11 Å². The Morgan fingerprint density at radius 1 is 1.60 bits per heavy atom. The molecule has 1 amide bonds. The molecule has 2 saturated heterocycles. The molecule has 1 aromatic heterocycles. The van der Waals surface area contributed by atoms with Crippen molar-refractivity contribution in [3.05, 3.63) is 17.5 Å². The van der Waals surface area contributed by atoms with Gasteiger partial charge in [0.2, 0.25) is 5.91 Å². The highest BCUT2D eigenvalue weighted by Crippen LogP contribution is 2.33. The van der Waals surface area contributed by atoms with Crippen molar-refractivity contribution in [3.63, 3.8) is 0 Å². The number of hydrogen-bond acceptors (Lipinski definition) is 5. The van der Waals surface area contributed by atoms with Gasteiger partial charge in [-0.05, 0) is 26.2 Å². The fraction of sp³-hybridized carbons (Fsp3) is 0.714. The van der Waals surface area contributed by atoms with Crippen LogP contribution in [0.1, 0.15) is 36.8 Å². The highest BCUT2D eigenvalue weighted by atomic mass is 16.5. The lowest BCUT2D eigenvalue weighted by Gasteiger charge is -2.25. The summed E-state index contributed by atoms with van der Waals surface area (Å²) in [5.41, 5.74) is 0.859. The summed E-state index contributed by atoms with van der Waals surface area (Å²) >= 11 is 0. The molecule has 2 aliphatic rings. The van der Waals surface area contributed by atoms with E-state index in [-0.39, 0.29) is 24.1 Å². The lowest BCUT2D eigenvalue weighted by molar-refractivity contribution is -0.134. The first-order chi connectivity index (χ1) is 9.69. The van der Waals surface area contributed by atoms with Crippen LogP contribution < -0.4 is 5.32 Å². The van der Waals surface area contributed by atoms with Crippen molar-refractivity contribution in [1.29, 1.82) is 0 Å². The molecule has 0 bridgehead atoms. The lowest BCUT2D eigenvalue weighted by Crippen LogP contribution is -2.43. The van der Waals surface area contributed by atoms with Crippen molar-refractivity contribution in [2.75, 3.05) is 20.2 Å². The first-order valence-electron chi connectivity index (χ1n) is 7.19.